The van der Waals surface area contributed by atoms with E-state index in [1.807, 2.05) is 0 Å². The SMILES string of the molecule is NCC1=NC=C(Cl)CC1. The normalized spacial score (nSPS) is 18.9. The first-order valence-corrected chi connectivity index (χ1v) is 3.31. The molecular weight excluding hydrogens is 136 g/mol. The number of allylic oxidation sites excluding steroid dienone is 1. The summed E-state index contributed by atoms with van der Waals surface area (Å²) in [6, 6.07) is 0. The van der Waals surface area contributed by atoms with Crippen LogP contribution in [0.15, 0.2) is 16.2 Å². The summed E-state index contributed by atoms with van der Waals surface area (Å²) in [4.78, 5) is 4.03. The van der Waals surface area contributed by atoms with E-state index in [0.717, 1.165) is 23.6 Å². The lowest BCUT2D eigenvalue weighted by molar-refractivity contribution is 1.01. The van der Waals surface area contributed by atoms with Crippen molar-refractivity contribution in [2.75, 3.05) is 6.54 Å². The zero-order valence-corrected chi connectivity index (χ0v) is 5.86. The van der Waals surface area contributed by atoms with Gasteiger partial charge in [-0.15, -0.1) is 0 Å². The summed E-state index contributed by atoms with van der Waals surface area (Å²) >= 11 is 5.65. The molecule has 0 aromatic carbocycles. The first kappa shape index (κ1) is 6.78. The molecule has 2 nitrogen and oxygen atoms in total. The minimum absolute atomic E-state index is 0.556. The molecule has 0 atom stereocenters. The first-order valence-electron chi connectivity index (χ1n) is 2.93. The Balaban J connectivity index is 2.59. The molecule has 0 saturated heterocycles. The number of halogens is 1. The summed E-state index contributed by atoms with van der Waals surface area (Å²) < 4.78 is 0. The zero-order valence-electron chi connectivity index (χ0n) is 5.10. The summed E-state index contributed by atoms with van der Waals surface area (Å²) in [5.74, 6) is 0. The van der Waals surface area contributed by atoms with Crippen LogP contribution >= 0.6 is 11.6 Å². The van der Waals surface area contributed by atoms with Gasteiger partial charge in [-0.25, -0.2) is 0 Å². The van der Waals surface area contributed by atoms with Gasteiger partial charge in [0.05, 0.1) is 0 Å². The van der Waals surface area contributed by atoms with Crippen LogP contribution < -0.4 is 5.73 Å². The Labute approximate surface area is 59.4 Å². The van der Waals surface area contributed by atoms with Crippen molar-refractivity contribution in [3.63, 3.8) is 0 Å². The van der Waals surface area contributed by atoms with Gasteiger partial charge in [0, 0.05) is 23.5 Å². The minimum Gasteiger partial charge on any atom is -0.325 e. The van der Waals surface area contributed by atoms with Crippen molar-refractivity contribution in [1.29, 1.82) is 0 Å². The summed E-state index contributed by atoms with van der Waals surface area (Å²) in [5.41, 5.74) is 6.39. The molecule has 0 saturated carbocycles. The summed E-state index contributed by atoms with van der Waals surface area (Å²) in [6.45, 7) is 0.556. The molecule has 0 fully saturated rings. The molecule has 1 aliphatic rings. The van der Waals surface area contributed by atoms with Crippen molar-refractivity contribution in [1.82, 2.24) is 0 Å². The lowest BCUT2D eigenvalue weighted by Crippen LogP contribution is -2.14. The van der Waals surface area contributed by atoms with Crippen LogP contribution in [0.5, 0.6) is 0 Å². The second-order valence-electron chi connectivity index (χ2n) is 1.98. The van der Waals surface area contributed by atoms with Gasteiger partial charge < -0.3 is 5.73 Å². The molecule has 0 aromatic heterocycles. The number of nitrogens with zero attached hydrogens (tertiary/aromatic N) is 1. The van der Waals surface area contributed by atoms with Crippen LogP contribution in [0.2, 0.25) is 0 Å². The van der Waals surface area contributed by atoms with E-state index >= 15 is 0 Å². The average Bonchev–Trinajstić information content (AvgIpc) is 1.90. The molecule has 9 heavy (non-hydrogen) atoms. The standard InChI is InChI=1S/C6H9ClN2/c7-5-1-2-6(3-8)9-4-5/h4H,1-3,8H2. The van der Waals surface area contributed by atoms with Gasteiger partial charge in [-0.2, -0.15) is 0 Å². The Kier molecular flexibility index (Phi) is 2.25. The van der Waals surface area contributed by atoms with Crippen molar-refractivity contribution in [2.45, 2.75) is 12.8 Å². The number of rotatable bonds is 1. The maximum absolute atomic E-state index is 5.65. The van der Waals surface area contributed by atoms with Crippen LogP contribution in [0.25, 0.3) is 0 Å². The molecule has 0 spiro atoms. The maximum Gasteiger partial charge on any atom is 0.0413 e. The average molecular weight is 145 g/mol. The number of hydrogen-bond acceptors (Lipinski definition) is 2. The van der Waals surface area contributed by atoms with Crippen LogP contribution in [0.1, 0.15) is 12.8 Å². The second-order valence-corrected chi connectivity index (χ2v) is 2.46. The van der Waals surface area contributed by atoms with Crippen molar-refractivity contribution in [3.05, 3.63) is 11.2 Å². The van der Waals surface area contributed by atoms with Gasteiger partial charge in [-0.05, 0) is 12.8 Å². The smallest absolute Gasteiger partial charge is 0.0413 e. The van der Waals surface area contributed by atoms with E-state index in [2.05, 4.69) is 4.99 Å². The highest BCUT2D eigenvalue weighted by Crippen LogP contribution is 2.14. The largest absolute Gasteiger partial charge is 0.325 e. The van der Waals surface area contributed by atoms with Crippen molar-refractivity contribution >= 4 is 17.3 Å². The molecule has 0 radical (unpaired) electrons. The molecule has 0 unspecified atom stereocenters. The van der Waals surface area contributed by atoms with Gasteiger partial charge in [-0.1, -0.05) is 11.6 Å². The fourth-order valence-electron chi connectivity index (χ4n) is 0.709. The van der Waals surface area contributed by atoms with E-state index in [4.69, 9.17) is 17.3 Å². The van der Waals surface area contributed by atoms with Gasteiger partial charge in [-0.3, -0.25) is 4.99 Å². The van der Waals surface area contributed by atoms with Gasteiger partial charge in [0.25, 0.3) is 0 Å². The third-order valence-corrected chi connectivity index (χ3v) is 1.56. The van der Waals surface area contributed by atoms with E-state index in [1.165, 1.54) is 0 Å². The van der Waals surface area contributed by atoms with E-state index in [9.17, 15) is 0 Å². The van der Waals surface area contributed by atoms with Crippen LogP contribution in [-0.4, -0.2) is 12.3 Å². The highest BCUT2D eigenvalue weighted by atomic mass is 35.5. The quantitative estimate of drug-likeness (QED) is 0.591. The van der Waals surface area contributed by atoms with Gasteiger partial charge >= 0.3 is 0 Å². The first-order chi connectivity index (χ1) is 4.33. The molecule has 50 valence electrons. The molecule has 3 heteroatoms. The van der Waals surface area contributed by atoms with Crippen LogP contribution in [0.4, 0.5) is 0 Å². The fourth-order valence-corrected chi connectivity index (χ4v) is 0.852. The molecular formula is C6H9ClN2. The molecule has 0 amide bonds. The van der Waals surface area contributed by atoms with E-state index in [-0.39, 0.29) is 0 Å². The monoisotopic (exact) mass is 144 g/mol. The van der Waals surface area contributed by atoms with Crippen LogP contribution in [0.3, 0.4) is 0 Å². The highest BCUT2D eigenvalue weighted by molar-refractivity contribution is 6.29. The lowest BCUT2D eigenvalue weighted by atomic mass is 10.2. The Bertz CT molecular complexity index is 160. The Hall–Kier alpha value is -0.340. The van der Waals surface area contributed by atoms with E-state index in [0.29, 0.717) is 6.54 Å². The number of hydrogen-bond donors (Lipinski definition) is 1. The molecule has 1 rings (SSSR count). The zero-order chi connectivity index (χ0) is 6.69. The lowest BCUT2D eigenvalue weighted by Gasteiger charge is -2.05. The third-order valence-electron chi connectivity index (χ3n) is 1.28. The highest BCUT2D eigenvalue weighted by Gasteiger charge is 2.02. The topological polar surface area (TPSA) is 38.4 Å². The second kappa shape index (κ2) is 2.99. The molecule has 0 bridgehead atoms. The predicted molar refractivity (Wildman–Crippen MR) is 39.7 cm³/mol. The molecule has 2 N–H and O–H groups in total. The predicted octanol–water partition coefficient (Wildman–Crippen LogP) is 1.26. The van der Waals surface area contributed by atoms with Crippen molar-refractivity contribution < 1.29 is 0 Å². The van der Waals surface area contributed by atoms with Crippen molar-refractivity contribution in [2.24, 2.45) is 10.7 Å². The van der Waals surface area contributed by atoms with Gasteiger partial charge in [0.15, 0.2) is 0 Å². The third kappa shape index (κ3) is 1.80. The number of nitrogens with two attached hydrogens (primary N) is 1. The molecule has 0 aliphatic carbocycles. The molecule has 1 aliphatic heterocycles. The Morgan fingerprint density at radius 2 is 2.44 bits per heavy atom. The van der Waals surface area contributed by atoms with Gasteiger partial charge in [0.2, 0.25) is 0 Å². The summed E-state index contributed by atoms with van der Waals surface area (Å²) in [6.07, 6.45) is 3.50. The Morgan fingerprint density at radius 1 is 1.67 bits per heavy atom. The Morgan fingerprint density at radius 3 is 2.89 bits per heavy atom. The van der Waals surface area contributed by atoms with Crippen molar-refractivity contribution in [3.8, 4) is 0 Å². The maximum atomic E-state index is 5.65. The minimum atomic E-state index is 0.556. The molecule has 0 aromatic rings. The van der Waals surface area contributed by atoms with E-state index in [1.54, 1.807) is 6.20 Å². The summed E-state index contributed by atoms with van der Waals surface area (Å²) in [7, 11) is 0. The van der Waals surface area contributed by atoms with Gasteiger partial charge in [0.1, 0.15) is 0 Å². The van der Waals surface area contributed by atoms with E-state index < -0.39 is 0 Å². The van der Waals surface area contributed by atoms with Crippen LogP contribution in [0, 0.1) is 0 Å². The summed E-state index contributed by atoms with van der Waals surface area (Å²) in [5, 5.41) is 0.826. The van der Waals surface area contributed by atoms with Crippen LogP contribution in [-0.2, 0) is 0 Å². The molecule has 1 heterocycles. The number of aliphatic imine (C=N–C) groups is 1. The fraction of sp³-hybridized carbons (Fsp3) is 0.500.